The van der Waals surface area contributed by atoms with E-state index in [-0.39, 0.29) is 17.2 Å². The van der Waals surface area contributed by atoms with E-state index in [0.717, 1.165) is 15.6 Å². The van der Waals surface area contributed by atoms with Crippen molar-refractivity contribution in [2.75, 3.05) is 0 Å². The molecule has 5 heteroatoms. The molecule has 126 valence electrons. The van der Waals surface area contributed by atoms with Crippen molar-refractivity contribution in [2.24, 2.45) is 0 Å². The summed E-state index contributed by atoms with van der Waals surface area (Å²) in [5, 5.41) is 0. The average Bonchev–Trinajstić information content (AvgIpc) is 2.51. The molecule has 0 aliphatic rings. The molecule has 0 bridgehead atoms. The van der Waals surface area contributed by atoms with Gasteiger partial charge in [-0.2, -0.15) is 0 Å². The molecule has 4 nitrogen and oxygen atoms in total. The number of carbonyl (C=O) groups excluding carboxylic acids is 2. The second-order valence-corrected chi connectivity index (χ2v) is 7.57. The maximum Gasteiger partial charge on any atom is 0.269 e. The van der Waals surface area contributed by atoms with E-state index in [2.05, 4.69) is 47.6 Å². The lowest BCUT2D eigenvalue weighted by atomic mass is 9.86. The highest BCUT2D eigenvalue weighted by Gasteiger charge is 2.18. The molecule has 0 aliphatic carbocycles. The van der Waals surface area contributed by atoms with Gasteiger partial charge in [-0.3, -0.25) is 20.4 Å². The molecular weight excluding hydrogens is 368 g/mol. The highest BCUT2D eigenvalue weighted by atomic mass is 79.9. The van der Waals surface area contributed by atoms with Crippen LogP contribution in [0.25, 0.3) is 0 Å². The molecule has 0 aromatic heterocycles. The summed E-state index contributed by atoms with van der Waals surface area (Å²) in [5.74, 6) is -0.717. The van der Waals surface area contributed by atoms with E-state index >= 15 is 0 Å². The number of hydrogen-bond donors (Lipinski definition) is 2. The number of amides is 2. The Bertz CT molecular complexity index is 762. The Morgan fingerprint density at radius 1 is 0.875 bits per heavy atom. The zero-order valence-electron chi connectivity index (χ0n) is 14.2. The van der Waals surface area contributed by atoms with Gasteiger partial charge in [-0.05, 0) is 42.2 Å². The number of nitrogens with one attached hydrogen (secondary N) is 2. The van der Waals surface area contributed by atoms with Crippen molar-refractivity contribution < 1.29 is 9.59 Å². The van der Waals surface area contributed by atoms with Crippen LogP contribution in [0.3, 0.4) is 0 Å². The van der Waals surface area contributed by atoms with Gasteiger partial charge in [0.2, 0.25) is 0 Å². The minimum absolute atomic E-state index is 0.0203. The van der Waals surface area contributed by atoms with Crippen LogP contribution < -0.4 is 10.9 Å². The van der Waals surface area contributed by atoms with Gasteiger partial charge < -0.3 is 0 Å². The summed E-state index contributed by atoms with van der Waals surface area (Å²) in [6.45, 7) is 8.26. The lowest BCUT2D eigenvalue weighted by molar-refractivity contribution is 0.0846. The summed E-state index contributed by atoms with van der Waals surface area (Å²) in [4.78, 5) is 24.2. The number of benzene rings is 2. The minimum Gasteiger partial charge on any atom is -0.267 e. The normalized spacial score (nSPS) is 11.0. The monoisotopic (exact) mass is 388 g/mol. The Kier molecular flexibility index (Phi) is 5.44. The van der Waals surface area contributed by atoms with Crippen molar-refractivity contribution >= 4 is 27.7 Å². The number of rotatable bonds is 2. The molecule has 0 atom stereocenters. The summed E-state index contributed by atoms with van der Waals surface area (Å²) < 4.78 is 0.868. The van der Waals surface area contributed by atoms with E-state index in [9.17, 15) is 9.59 Å². The third-order valence-corrected chi connectivity index (χ3v) is 4.30. The molecule has 0 unspecified atom stereocenters. The third-order valence-electron chi connectivity index (χ3n) is 3.64. The largest absolute Gasteiger partial charge is 0.269 e. The van der Waals surface area contributed by atoms with Crippen LogP contribution in [-0.4, -0.2) is 11.8 Å². The number of carbonyl (C=O) groups is 2. The first kappa shape index (κ1) is 18.2. The van der Waals surface area contributed by atoms with E-state index in [1.165, 1.54) is 0 Å². The van der Waals surface area contributed by atoms with Gasteiger partial charge in [0, 0.05) is 15.6 Å². The van der Waals surface area contributed by atoms with Crippen LogP contribution in [0.4, 0.5) is 0 Å². The average molecular weight is 389 g/mol. The predicted octanol–water partition coefficient (Wildman–Crippen LogP) is 4.13. The fourth-order valence-corrected chi connectivity index (χ4v) is 3.20. The van der Waals surface area contributed by atoms with Gasteiger partial charge in [0.15, 0.2) is 0 Å². The first-order valence-electron chi connectivity index (χ1n) is 7.66. The zero-order chi connectivity index (χ0) is 17.9. The van der Waals surface area contributed by atoms with Crippen LogP contribution >= 0.6 is 15.9 Å². The smallest absolute Gasteiger partial charge is 0.267 e. The third kappa shape index (κ3) is 4.45. The summed E-state index contributed by atoms with van der Waals surface area (Å²) in [5.41, 5.74) is 7.99. The summed E-state index contributed by atoms with van der Waals surface area (Å²) in [7, 11) is 0. The highest BCUT2D eigenvalue weighted by molar-refractivity contribution is 9.10. The maximum atomic E-state index is 12.2. The zero-order valence-corrected chi connectivity index (χ0v) is 15.8. The van der Waals surface area contributed by atoms with Gasteiger partial charge in [-0.1, -0.05) is 60.5 Å². The lowest BCUT2D eigenvalue weighted by Gasteiger charge is -2.21. The van der Waals surface area contributed by atoms with E-state index in [1.54, 1.807) is 24.3 Å². The van der Waals surface area contributed by atoms with Crippen LogP contribution in [0.1, 0.15) is 52.6 Å². The maximum absolute atomic E-state index is 12.2. The Morgan fingerprint density at radius 2 is 1.38 bits per heavy atom. The van der Waals surface area contributed by atoms with Crippen LogP contribution in [0.5, 0.6) is 0 Å². The first-order chi connectivity index (χ1) is 11.2. The number of hydrazine groups is 1. The van der Waals surface area contributed by atoms with Crippen molar-refractivity contribution in [3.05, 3.63) is 69.2 Å². The molecule has 0 saturated carbocycles. The van der Waals surface area contributed by atoms with E-state index < -0.39 is 0 Å². The molecule has 0 spiro atoms. The van der Waals surface area contributed by atoms with Gasteiger partial charge in [0.05, 0.1) is 0 Å². The van der Waals surface area contributed by atoms with Gasteiger partial charge in [0.25, 0.3) is 11.8 Å². The molecule has 0 fully saturated rings. The number of aryl methyl sites for hydroxylation is 1. The van der Waals surface area contributed by atoms with E-state index in [0.29, 0.717) is 11.1 Å². The Labute approximate surface area is 150 Å². The molecule has 0 radical (unpaired) electrons. The SMILES string of the molecule is Cc1ccc(C(=O)NNC(=O)c2ccc(C(C)(C)C)c(Br)c2)cc1. The van der Waals surface area contributed by atoms with Crippen molar-refractivity contribution in [3.8, 4) is 0 Å². The van der Waals surface area contributed by atoms with Crippen molar-refractivity contribution in [1.29, 1.82) is 0 Å². The molecule has 0 aliphatic heterocycles. The second-order valence-electron chi connectivity index (χ2n) is 6.72. The predicted molar refractivity (Wildman–Crippen MR) is 99.0 cm³/mol. The Hall–Kier alpha value is -2.14. The molecule has 2 amide bonds. The lowest BCUT2D eigenvalue weighted by Crippen LogP contribution is -2.41. The molecule has 2 N–H and O–H groups in total. The van der Waals surface area contributed by atoms with Crippen molar-refractivity contribution in [2.45, 2.75) is 33.1 Å². The van der Waals surface area contributed by atoms with Crippen LogP contribution in [0.15, 0.2) is 46.9 Å². The topological polar surface area (TPSA) is 58.2 Å². The first-order valence-corrected chi connectivity index (χ1v) is 8.45. The molecule has 24 heavy (non-hydrogen) atoms. The van der Waals surface area contributed by atoms with E-state index in [1.807, 2.05) is 25.1 Å². The Balaban J connectivity index is 2.04. The van der Waals surface area contributed by atoms with Gasteiger partial charge in [-0.15, -0.1) is 0 Å². The van der Waals surface area contributed by atoms with Crippen LogP contribution in [-0.2, 0) is 5.41 Å². The van der Waals surface area contributed by atoms with Crippen molar-refractivity contribution in [1.82, 2.24) is 10.9 Å². The van der Waals surface area contributed by atoms with Crippen LogP contribution in [0.2, 0.25) is 0 Å². The standard InChI is InChI=1S/C19H21BrN2O2/c1-12-5-7-13(8-6-12)17(23)21-22-18(24)14-9-10-15(16(20)11-14)19(2,3)4/h5-11H,1-4H3,(H,21,23)(H,22,24). The summed E-state index contributed by atoms with van der Waals surface area (Å²) >= 11 is 3.51. The Morgan fingerprint density at radius 3 is 1.88 bits per heavy atom. The van der Waals surface area contributed by atoms with Gasteiger partial charge in [0.1, 0.15) is 0 Å². The summed E-state index contributed by atoms with van der Waals surface area (Å²) in [6.07, 6.45) is 0. The minimum atomic E-state index is -0.364. The molecule has 0 heterocycles. The molecule has 2 aromatic carbocycles. The molecule has 2 aromatic rings. The quantitative estimate of drug-likeness (QED) is 0.759. The van der Waals surface area contributed by atoms with E-state index in [4.69, 9.17) is 0 Å². The van der Waals surface area contributed by atoms with Crippen molar-refractivity contribution in [3.63, 3.8) is 0 Å². The van der Waals surface area contributed by atoms with Gasteiger partial charge in [-0.25, -0.2) is 0 Å². The highest BCUT2D eigenvalue weighted by Crippen LogP contribution is 2.30. The second kappa shape index (κ2) is 7.18. The number of halogens is 1. The molecule has 2 rings (SSSR count). The fraction of sp³-hybridized carbons (Fsp3) is 0.263. The molecule has 0 saturated heterocycles. The fourth-order valence-electron chi connectivity index (χ4n) is 2.23. The van der Waals surface area contributed by atoms with Gasteiger partial charge >= 0.3 is 0 Å². The van der Waals surface area contributed by atoms with Crippen LogP contribution in [0, 0.1) is 6.92 Å². The summed E-state index contributed by atoms with van der Waals surface area (Å²) in [6, 6.07) is 12.5. The molecular formula is C19H21BrN2O2. The number of hydrogen-bond acceptors (Lipinski definition) is 2.